The van der Waals surface area contributed by atoms with E-state index in [-0.39, 0.29) is 23.6 Å². The summed E-state index contributed by atoms with van der Waals surface area (Å²) in [5, 5.41) is 4.84. The van der Waals surface area contributed by atoms with Crippen LogP contribution in [0.15, 0.2) is 41.8 Å². The Morgan fingerprint density at radius 2 is 1.97 bits per heavy atom. The molecular weight excluding hydrogens is 410 g/mol. The van der Waals surface area contributed by atoms with Gasteiger partial charge in [0.2, 0.25) is 17.7 Å². The van der Waals surface area contributed by atoms with E-state index in [1.807, 2.05) is 11.0 Å². The molecule has 3 heterocycles. The molecular formula is C24H29N3O3S. The number of carbonyl (C=O) groups excluding carboxylic acids is 3. The lowest BCUT2D eigenvalue weighted by molar-refractivity contribution is -0.136. The molecule has 31 heavy (non-hydrogen) atoms. The minimum atomic E-state index is -0.453. The Morgan fingerprint density at radius 1 is 1.16 bits per heavy atom. The van der Waals surface area contributed by atoms with Gasteiger partial charge in [-0.15, -0.1) is 11.3 Å². The van der Waals surface area contributed by atoms with E-state index in [1.54, 1.807) is 16.2 Å². The highest BCUT2D eigenvalue weighted by atomic mass is 32.1. The Labute approximate surface area is 187 Å². The number of carbonyl (C=O) groups is 3. The Hall–Kier alpha value is -2.67. The van der Waals surface area contributed by atoms with Crippen LogP contribution in [-0.2, 0) is 20.8 Å². The van der Waals surface area contributed by atoms with Crippen LogP contribution in [0.5, 0.6) is 0 Å². The maximum Gasteiger partial charge on any atom is 0.245 e. The number of nitrogens with one attached hydrogen (secondary N) is 1. The zero-order valence-corrected chi connectivity index (χ0v) is 18.7. The number of rotatable bonds is 6. The molecule has 0 unspecified atom stereocenters. The summed E-state index contributed by atoms with van der Waals surface area (Å²) < 4.78 is 0. The smallest absolute Gasteiger partial charge is 0.245 e. The third-order valence-electron chi connectivity index (χ3n) is 6.08. The monoisotopic (exact) mass is 439 g/mol. The van der Waals surface area contributed by atoms with Crippen LogP contribution in [-0.4, -0.2) is 59.7 Å². The predicted molar refractivity (Wildman–Crippen MR) is 122 cm³/mol. The maximum atomic E-state index is 13.3. The first-order valence-electron chi connectivity index (χ1n) is 11.0. The summed E-state index contributed by atoms with van der Waals surface area (Å²) in [6.45, 7) is 4.23. The standard InChI is InChI=1S/C24H29N3O3S/c1-2-11-26-12-13-27(24(30)20-9-10-22(28)25-20)16-19(23(26)29)15-17-5-7-18(8-6-17)21-4-3-14-31-21/h3-8,14,19-20H,2,9-13,15-16H2,1H3,(H,25,28)/t19-,20+/m1/s1. The van der Waals surface area contributed by atoms with Crippen molar-refractivity contribution in [2.45, 2.75) is 38.6 Å². The van der Waals surface area contributed by atoms with Crippen molar-refractivity contribution in [3.8, 4) is 10.4 Å². The Bertz CT molecular complexity index is 926. The van der Waals surface area contributed by atoms with Crippen molar-refractivity contribution >= 4 is 29.1 Å². The van der Waals surface area contributed by atoms with E-state index >= 15 is 0 Å². The molecule has 3 amide bonds. The maximum absolute atomic E-state index is 13.3. The molecule has 1 N–H and O–H groups in total. The minimum absolute atomic E-state index is 0.0601. The molecule has 2 atom stereocenters. The van der Waals surface area contributed by atoms with E-state index in [4.69, 9.17) is 0 Å². The molecule has 0 aliphatic carbocycles. The fourth-order valence-electron chi connectivity index (χ4n) is 4.44. The molecule has 1 aromatic heterocycles. The van der Waals surface area contributed by atoms with E-state index in [2.05, 4.69) is 48.0 Å². The number of hydrogen-bond acceptors (Lipinski definition) is 4. The summed E-state index contributed by atoms with van der Waals surface area (Å²) in [6, 6.07) is 12.1. The molecule has 6 nitrogen and oxygen atoms in total. The van der Waals surface area contributed by atoms with Crippen LogP contribution >= 0.6 is 11.3 Å². The van der Waals surface area contributed by atoms with Crippen LogP contribution in [0.1, 0.15) is 31.7 Å². The number of thiophene rings is 1. The molecule has 2 aliphatic rings. The van der Waals surface area contributed by atoms with E-state index in [0.29, 0.717) is 45.4 Å². The van der Waals surface area contributed by atoms with Crippen LogP contribution < -0.4 is 5.32 Å². The molecule has 1 aromatic carbocycles. The minimum Gasteiger partial charge on any atom is -0.344 e. The van der Waals surface area contributed by atoms with Crippen molar-refractivity contribution in [3.63, 3.8) is 0 Å². The van der Waals surface area contributed by atoms with Gasteiger partial charge in [-0.05, 0) is 41.8 Å². The van der Waals surface area contributed by atoms with E-state index < -0.39 is 6.04 Å². The number of hydrogen-bond donors (Lipinski definition) is 1. The Morgan fingerprint density at radius 3 is 2.61 bits per heavy atom. The molecule has 2 aliphatic heterocycles. The van der Waals surface area contributed by atoms with Crippen molar-refractivity contribution in [1.82, 2.24) is 15.1 Å². The fraction of sp³-hybridized carbons (Fsp3) is 0.458. The molecule has 164 valence electrons. The van der Waals surface area contributed by atoms with Crippen LogP contribution in [0.4, 0.5) is 0 Å². The number of benzene rings is 1. The molecule has 2 fully saturated rings. The van der Waals surface area contributed by atoms with Crippen LogP contribution in [0.2, 0.25) is 0 Å². The summed E-state index contributed by atoms with van der Waals surface area (Å²) >= 11 is 1.71. The van der Waals surface area contributed by atoms with Gasteiger partial charge >= 0.3 is 0 Å². The molecule has 4 rings (SSSR count). The normalized spacial score (nSPS) is 21.8. The SMILES string of the molecule is CCCN1CCN(C(=O)[C@@H]2CCC(=O)N2)C[C@@H](Cc2ccc(-c3cccs3)cc2)C1=O. The lowest BCUT2D eigenvalue weighted by atomic mass is 9.96. The molecule has 0 radical (unpaired) electrons. The van der Waals surface area contributed by atoms with Crippen LogP contribution in [0.25, 0.3) is 10.4 Å². The second-order valence-electron chi connectivity index (χ2n) is 8.34. The van der Waals surface area contributed by atoms with Gasteiger partial charge in [0.1, 0.15) is 6.04 Å². The second-order valence-corrected chi connectivity index (χ2v) is 9.29. The van der Waals surface area contributed by atoms with Gasteiger partial charge in [0, 0.05) is 37.5 Å². The van der Waals surface area contributed by atoms with Crippen molar-refractivity contribution in [3.05, 3.63) is 47.3 Å². The van der Waals surface area contributed by atoms with Crippen molar-refractivity contribution in [2.24, 2.45) is 5.92 Å². The van der Waals surface area contributed by atoms with Crippen LogP contribution in [0, 0.1) is 5.92 Å². The first-order chi connectivity index (χ1) is 15.0. The number of nitrogens with zero attached hydrogens (tertiary/aromatic N) is 2. The first-order valence-corrected chi connectivity index (χ1v) is 11.9. The fourth-order valence-corrected chi connectivity index (χ4v) is 5.17. The Kier molecular flexibility index (Phi) is 6.70. The van der Waals surface area contributed by atoms with Crippen molar-refractivity contribution < 1.29 is 14.4 Å². The molecule has 2 aromatic rings. The average Bonchev–Trinajstić information content (AvgIpc) is 3.44. The summed E-state index contributed by atoms with van der Waals surface area (Å²) in [7, 11) is 0. The third-order valence-corrected chi connectivity index (χ3v) is 7.00. The van der Waals surface area contributed by atoms with E-state index in [9.17, 15) is 14.4 Å². The second kappa shape index (κ2) is 9.64. The predicted octanol–water partition coefficient (Wildman–Crippen LogP) is 2.93. The Balaban J connectivity index is 1.50. The first kappa shape index (κ1) is 21.6. The zero-order valence-electron chi connectivity index (χ0n) is 17.9. The highest BCUT2D eigenvalue weighted by Crippen LogP contribution is 2.26. The highest BCUT2D eigenvalue weighted by molar-refractivity contribution is 7.13. The number of amides is 3. The largest absolute Gasteiger partial charge is 0.344 e. The topological polar surface area (TPSA) is 69.7 Å². The van der Waals surface area contributed by atoms with Crippen LogP contribution in [0.3, 0.4) is 0 Å². The third kappa shape index (κ3) is 4.98. The summed E-state index contributed by atoms with van der Waals surface area (Å²) in [5.74, 6) is -0.285. The summed E-state index contributed by atoms with van der Waals surface area (Å²) in [6.07, 6.45) is 2.42. The average molecular weight is 440 g/mol. The highest BCUT2D eigenvalue weighted by Gasteiger charge is 2.36. The molecule has 7 heteroatoms. The molecule has 0 bridgehead atoms. The van der Waals surface area contributed by atoms with Gasteiger partial charge in [0.15, 0.2) is 0 Å². The molecule has 2 saturated heterocycles. The van der Waals surface area contributed by atoms with Gasteiger partial charge in [-0.1, -0.05) is 37.3 Å². The van der Waals surface area contributed by atoms with Gasteiger partial charge in [0.25, 0.3) is 0 Å². The lowest BCUT2D eigenvalue weighted by Crippen LogP contribution is -2.46. The van der Waals surface area contributed by atoms with Crippen molar-refractivity contribution in [1.29, 1.82) is 0 Å². The summed E-state index contributed by atoms with van der Waals surface area (Å²) in [5.41, 5.74) is 2.27. The van der Waals surface area contributed by atoms with E-state index in [1.165, 1.54) is 10.4 Å². The molecule has 0 spiro atoms. The van der Waals surface area contributed by atoms with E-state index in [0.717, 1.165) is 12.0 Å². The van der Waals surface area contributed by atoms with Gasteiger partial charge < -0.3 is 15.1 Å². The lowest BCUT2D eigenvalue weighted by Gasteiger charge is -2.26. The van der Waals surface area contributed by atoms with Gasteiger partial charge in [-0.3, -0.25) is 14.4 Å². The molecule has 0 saturated carbocycles. The quantitative estimate of drug-likeness (QED) is 0.752. The zero-order chi connectivity index (χ0) is 21.8. The van der Waals surface area contributed by atoms with Crippen molar-refractivity contribution in [2.75, 3.05) is 26.2 Å². The van der Waals surface area contributed by atoms with Gasteiger partial charge in [-0.2, -0.15) is 0 Å². The van der Waals surface area contributed by atoms with Gasteiger partial charge in [-0.25, -0.2) is 0 Å². The summed E-state index contributed by atoms with van der Waals surface area (Å²) in [4.78, 5) is 42.8. The van der Waals surface area contributed by atoms with Gasteiger partial charge in [0.05, 0.1) is 5.92 Å².